The number of nitrogens with one attached hydrogen (secondary N) is 2. The molecular formula is C28H31F4N5O. The Morgan fingerprint density at radius 1 is 1.13 bits per heavy atom. The molecule has 38 heavy (non-hydrogen) atoms. The van der Waals surface area contributed by atoms with Crippen molar-refractivity contribution >= 4 is 11.6 Å². The van der Waals surface area contributed by atoms with Crippen LogP contribution in [0.4, 0.5) is 23.2 Å². The van der Waals surface area contributed by atoms with Gasteiger partial charge in [0.2, 0.25) is 5.62 Å². The SMILES string of the molecule is Cc1cc([C@@H](NC(=O)c2cc(Cn3ccn(C)c3=N)cc(N3CCC[C@@H]3C(F)(F)F)c2)C2CC2)ccc1F. The summed E-state index contributed by atoms with van der Waals surface area (Å²) in [5.41, 5.74) is 2.77. The molecule has 1 aliphatic carbocycles. The zero-order chi connectivity index (χ0) is 27.2. The molecule has 2 fully saturated rings. The van der Waals surface area contributed by atoms with Crippen molar-refractivity contribution in [3.63, 3.8) is 0 Å². The highest BCUT2D eigenvalue weighted by molar-refractivity contribution is 5.95. The second kappa shape index (κ2) is 9.96. The van der Waals surface area contributed by atoms with Crippen molar-refractivity contribution in [1.29, 1.82) is 5.41 Å². The molecule has 1 amide bonds. The van der Waals surface area contributed by atoms with Gasteiger partial charge in [-0.05, 0) is 79.5 Å². The third kappa shape index (κ3) is 5.35. The second-order valence-electron chi connectivity index (χ2n) is 10.4. The molecule has 1 aromatic heterocycles. The quantitative estimate of drug-likeness (QED) is 0.413. The maximum absolute atomic E-state index is 13.9. The van der Waals surface area contributed by atoms with Gasteiger partial charge in [-0.1, -0.05) is 12.1 Å². The highest BCUT2D eigenvalue weighted by atomic mass is 19.4. The Morgan fingerprint density at radius 3 is 2.53 bits per heavy atom. The number of amides is 1. The molecule has 6 nitrogen and oxygen atoms in total. The van der Waals surface area contributed by atoms with Gasteiger partial charge in [0.15, 0.2) is 0 Å². The smallest absolute Gasteiger partial charge is 0.360 e. The van der Waals surface area contributed by atoms with Crippen molar-refractivity contribution < 1.29 is 22.4 Å². The number of aryl methyl sites for hydroxylation is 2. The minimum atomic E-state index is -4.38. The third-order valence-electron chi connectivity index (χ3n) is 7.55. The zero-order valence-corrected chi connectivity index (χ0v) is 21.4. The van der Waals surface area contributed by atoms with Crippen LogP contribution >= 0.6 is 0 Å². The average molecular weight is 530 g/mol. The van der Waals surface area contributed by atoms with E-state index in [9.17, 15) is 22.4 Å². The van der Waals surface area contributed by atoms with Crippen molar-refractivity contribution in [2.75, 3.05) is 11.4 Å². The molecule has 1 saturated heterocycles. The van der Waals surface area contributed by atoms with Crippen LogP contribution in [0.3, 0.4) is 0 Å². The molecule has 202 valence electrons. The zero-order valence-electron chi connectivity index (χ0n) is 21.4. The largest absolute Gasteiger partial charge is 0.408 e. The summed E-state index contributed by atoms with van der Waals surface area (Å²) in [6, 6.07) is 7.77. The van der Waals surface area contributed by atoms with E-state index in [0.29, 0.717) is 23.2 Å². The number of halogens is 4. The summed E-state index contributed by atoms with van der Waals surface area (Å²) in [5, 5.41) is 11.3. The molecule has 1 saturated carbocycles. The topological polar surface area (TPSA) is 66.0 Å². The van der Waals surface area contributed by atoms with Crippen LogP contribution in [0.15, 0.2) is 48.8 Å². The Morgan fingerprint density at radius 2 is 1.89 bits per heavy atom. The van der Waals surface area contributed by atoms with E-state index < -0.39 is 12.2 Å². The predicted octanol–water partition coefficient (Wildman–Crippen LogP) is 5.21. The Kier molecular flexibility index (Phi) is 6.83. The number of benzene rings is 2. The molecule has 5 rings (SSSR count). The lowest BCUT2D eigenvalue weighted by atomic mass is 9.99. The number of carbonyl (C=O) groups excluding carboxylic acids is 1. The van der Waals surface area contributed by atoms with E-state index in [1.54, 1.807) is 59.8 Å². The molecule has 2 atom stereocenters. The summed E-state index contributed by atoms with van der Waals surface area (Å²) >= 11 is 0. The number of nitrogens with zero attached hydrogens (tertiary/aromatic N) is 3. The van der Waals surface area contributed by atoms with Gasteiger partial charge in [-0.3, -0.25) is 10.2 Å². The van der Waals surface area contributed by atoms with Crippen LogP contribution in [0.1, 0.15) is 58.8 Å². The van der Waals surface area contributed by atoms with Crippen LogP contribution in [-0.4, -0.2) is 33.8 Å². The van der Waals surface area contributed by atoms with Gasteiger partial charge < -0.3 is 19.4 Å². The second-order valence-corrected chi connectivity index (χ2v) is 10.4. The van der Waals surface area contributed by atoms with Gasteiger partial charge in [-0.2, -0.15) is 13.2 Å². The van der Waals surface area contributed by atoms with E-state index in [0.717, 1.165) is 18.4 Å². The van der Waals surface area contributed by atoms with E-state index >= 15 is 0 Å². The first-order valence-corrected chi connectivity index (χ1v) is 12.8. The molecule has 2 aromatic carbocycles. The number of rotatable bonds is 7. The van der Waals surface area contributed by atoms with Crippen LogP contribution in [0.5, 0.6) is 0 Å². The summed E-state index contributed by atoms with van der Waals surface area (Å²) in [6.07, 6.45) is 1.36. The van der Waals surface area contributed by atoms with Gasteiger partial charge in [0.05, 0.1) is 12.6 Å². The van der Waals surface area contributed by atoms with E-state index in [-0.39, 0.29) is 54.4 Å². The number of imidazole rings is 1. The van der Waals surface area contributed by atoms with Gasteiger partial charge in [-0.25, -0.2) is 4.39 Å². The van der Waals surface area contributed by atoms with Crippen LogP contribution in [0.2, 0.25) is 0 Å². The van der Waals surface area contributed by atoms with Crippen molar-refractivity contribution in [1.82, 2.24) is 14.5 Å². The van der Waals surface area contributed by atoms with Crippen molar-refractivity contribution in [2.45, 2.75) is 57.4 Å². The van der Waals surface area contributed by atoms with E-state index in [4.69, 9.17) is 5.41 Å². The van der Waals surface area contributed by atoms with E-state index in [1.165, 1.54) is 17.0 Å². The third-order valence-corrected chi connectivity index (χ3v) is 7.55. The Balaban J connectivity index is 1.50. The van der Waals surface area contributed by atoms with Gasteiger partial charge in [0.1, 0.15) is 11.9 Å². The Bertz CT molecular complexity index is 1400. The maximum Gasteiger partial charge on any atom is 0.408 e. The Hall–Kier alpha value is -3.56. The summed E-state index contributed by atoms with van der Waals surface area (Å²) < 4.78 is 58.6. The van der Waals surface area contributed by atoms with E-state index in [1.807, 2.05) is 0 Å². The summed E-state index contributed by atoms with van der Waals surface area (Å²) in [4.78, 5) is 14.9. The molecule has 2 N–H and O–H groups in total. The van der Waals surface area contributed by atoms with Crippen LogP contribution in [-0.2, 0) is 13.6 Å². The lowest BCUT2D eigenvalue weighted by Gasteiger charge is -2.29. The minimum absolute atomic E-state index is 0.00718. The highest BCUT2D eigenvalue weighted by Crippen LogP contribution is 2.42. The molecule has 3 aromatic rings. The van der Waals surface area contributed by atoms with Gasteiger partial charge in [-0.15, -0.1) is 0 Å². The fraction of sp³-hybridized carbons (Fsp3) is 0.429. The Labute approximate surface area is 218 Å². The predicted molar refractivity (Wildman–Crippen MR) is 135 cm³/mol. The lowest BCUT2D eigenvalue weighted by Crippen LogP contribution is -2.41. The van der Waals surface area contributed by atoms with Crippen LogP contribution < -0.4 is 15.8 Å². The number of anilines is 1. The summed E-state index contributed by atoms with van der Waals surface area (Å²) in [6.45, 7) is 2.16. The lowest BCUT2D eigenvalue weighted by molar-refractivity contribution is -0.145. The normalized spacial score (nSPS) is 18.6. The monoisotopic (exact) mass is 529 g/mol. The van der Waals surface area contributed by atoms with Crippen LogP contribution in [0.25, 0.3) is 0 Å². The number of hydrogen-bond donors (Lipinski definition) is 2. The van der Waals surface area contributed by atoms with Crippen LogP contribution in [0, 0.1) is 24.1 Å². The molecule has 10 heteroatoms. The number of alkyl halides is 3. The first-order valence-electron chi connectivity index (χ1n) is 12.8. The molecular weight excluding hydrogens is 498 g/mol. The number of hydrogen-bond acceptors (Lipinski definition) is 3. The molecule has 2 aliphatic rings. The fourth-order valence-electron chi connectivity index (χ4n) is 5.32. The molecule has 0 unspecified atom stereocenters. The first kappa shape index (κ1) is 26.1. The molecule has 1 aliphatic heterocycles. The molecule has 0 spiro atoms. The van der Waals surface area contributed by atoms with Gasteiger partial charge in [0.25, 0.3) is 5.91 Å². The van der Waals surface area contributed by atoms with Crippen molar-refractivity contribution in [3.8, 4) is 0 Å². The van der Waals surface area contributed by atoms with Crippen molar-refractivity contribution in [3.05, 3.63) is 82.5 Å². The number of aromatic nitrogens is 2. The van der Waals surface area contributed by atoms with Gasteiger partial charge >= 0.3 is 6.18 Å². The standard InChI is InChI=1S/C28H31F4N5O/c1-17-12-20(7-8-23(17)29)25(19-5-6-19)34-26(38)21-13-18(16-36-11-10-35(2)27(36)33)14-22(15-21)37-9-3-4-24(37)28(30,31)32/h7-8,10-15,19,24-25,33H,3-6,9,16H2,1-2H3,(H,34,38)/t24-,25+/m1/s1. The number of carbonyl (C=O) groups is 1. The first-order chi connectivity index (χ1) is 18.0. The molecule has 0 bridgehead atoms. The van der Waals surface area contributed by atoms with E-state index in [2.05, 4.69) is 5.32 Å². The van der Waals surface area contributed by atoms with Gasteiger partial charge in [0, 0.05) is 37.2 Å². The summed E-state index contributed by atoms with van der Waals surface area (Å²) in [7, 11) is 1.74. The molecule has 2 heterocycles. The van der Waals surface area contributed by atoms with Crippen molar-refractivity contribution in [2.24, 2.45) is 13.0 Å². The average Bonchev–Trinajstić information content (AvgIpc) is 3.49. The highest BCUT2D eigenvalue weighted by Gasteiger charge is 2.46. The maximum atomic E-state index is 13.9. The minimum Gasteiger partial charge on any atom is -0.360 e. The fourth-order valence-corrected chi connectivity index (χ4v) is 5.32. The summed E-state index contributed by atoms with van der Waals surface area (Å²) in [5.74, 6) is -0.478. The molecule has 0 radical (unpaired) electrons.